The van der Waals surface area contributed by atoms with Crippen LogP contribution in [0.2, 0.25) is 0 Å². The maximum absolute atomic E-state index is 13.2. The molecule has 0 unspecified atom stereocenters. The van der Waals surface area contributed by atoms with Gasteiger partial charge in [-0.1, -0.05) is 36.4 Å². The molecule has 0 aliphatic carbocycles. The van der Waals surface area contributed by atoms with Crippen LogP contribution in [-0.4, -0.2) is 39.4 Å². The molecule has 196 valence electrons. The van der Waals surface area contributed by atoms with Crippen molar-refractivity contribution in [3.63, 3.8) is 0 Å². The van der Waals surface area contributed by atoms with E-state index >= 15 is 0 Å². The Kier molecular flexibility index (Phi) is 7.42. The lowest BCUT2D eigenvalue weighted by Gasteiger charge is -2.12. The number of carbonyl (C=O) groups excluding carboxylic acids is 2. The SMILES string of the molecule is C[C@H](N)C(=O)Nc1cc(C(=O)NCCc2ccc(F)cc2)cc(-c2cnc(-c3cc4ccccc4cn3)[nH]2)c1. The van der Waals surface area contributed by atoms with Crippen molar-refractivity contribution in [1.82, 2.24) is 20.3 Å². The van der Waals surface area contributed by atoms with E-state index in [0.29, 0.717) is 47.0 Å². The lowest BCUT2D eigenvalue weighted by atomic mass is 10.1. The minimum absolute atomic E-state index is 0.306. The molecule has 0 saturated heterocycles. The number of aromatic amines is 1. The molecular formula is C30H27FN6O2. The van der Waals surface area contributed by atoms with Gasteiger partial charge in [0.15, 0.2) is 5.82 Å². The zero-order chi connectivity index (χ0) is 27.4. The minimum atomic E-state index is -0.723. The van der Waals surface area contributed by atoms with E-state index in [1.807, 2.05) is 30.3 Å². The van der Waals surface area contributed by atoms with Gasteiger partial charge in [-0.25, -0.2) is 9.37 Å². The Morgan fingerprint density at radius 2 is 1.74 bits per heavy atom. The summed E-state index contributed by atoms with van der Waals surface area (Å²) in [5, 5.41) is 7.72. The van der Waals surface area contributed by atoms with Crippen LogP contribution in [0.25, 0.3) is 33.5 Å². The van der Waals surface area contributed by atoms with Gasteiger partial charge in [0.25, 0.3) is 5.91 Å². The number of benzene rings is 3. The van der Waals surface area contributed by atoms with Gasteiger partial charge in [-0.15, -0.1) is 0 Å². The first-order chi connectivity index (χ1) is 18.9. The van der Waals surface area contributed by atoms with Gasteiger partial charge in [-0.3, -0.25) is 14.6 Å². The van der Waals surface area contributed by atoms with E-state index in [-0.39, 0.29) is 17.6 Å². The first-order valence-corrected chi connectivity index (χ1v) is 12.5. The van der Waals surface area contributed by atoms with Crippen LogP contribution >= 0.6 is 0 Å². The van der Waals surface area contributed by atoms with Crippen molar-refractivity contribution >= 4 is 28.3 Å². The summed E-state index contributed by atoms with van der Waals surface area (Å²) >= 11 is 0. The highest BCUT2D eigenvalue weighted by Gasteiger charge is 2.15. The summed E-state index contributed by atoms with van der Waals surface area (Å²) in [4.78, 5) is 37.6. The first kappa shape index (κ1) is 25.7. The lowest BCUT2D eigenvalue weighted by Crippen LogP contribution is -2.32. The molecule has 0 fully saturated rings. The van der Waals surface area contributed by atoms with Crippen LogP contribution in [0.3, 0.4) is 0 Å². The molecule has 0 aliphatic rings. The third-order valence-electron chi connectivity index (χ3n) is 6.25. The normalized spacial score (nSPS) is 11.8. The summed E-state index contributed by atoms with van der Waals surface area (Å²) in [5.41, 5.74) is 9.40. The predicted octanol–water partition coefficient (Wildman–Crippen LogP) is 4.69. The Labute approximate surface area is 224 Å². The molecule has 5 N–H and O–H groups in total. The van der Waals surface area contributed by atoms with Crippen LogP contribution in [0.4, 0.5) is 10.1 Å². The van der Waals surface area contributed by atoms with Gasteiger partial charge < -0.3 is 21.4 Å². The van der Waals surface area contributed by atoms with Crippen LogP contribution < -0.4 is 16.4 Å². The second kappa shape index (κ2) is 11.2. The average molecular weight is 523 g/mol. The van der Waals surface area contributed by atoms with Crippen molar-refractivity contribution in [2.24, 2.45) is 5.73 Å². The quantitative estimate of drug-likeness (QED) is 0.235. The summed E-state index contributed by atoms with van der Waals surface area (Å²) in [7, 11) is 0. The number of aromatic nitrogens is 3. The van der Waals surface area contributed by atoms with Crippen LogP contribution in [-0.2, 0) is 11.2 Å². The number of fused-ring (bicyclic) bond motifs is 1. The number of imidazole rings is 1. The maximum atomic E-state index is 13.2. The largest absolute Gasteiger partial charge is 0.352 e. The van der Waals surface area contributed by atoms with Crippen LogP contribution in [0, 0.1) is 5.82 Å². The molecule has 8 nitrogen and oxygen atoms in total. The van der Waals surface area contributed by atoms with Crippen LogP contribution in [0.1, 0.15) is 22.8 Å². The fourth-order valence-corrected chi connectivity index (χ4v) is 4.13. The Bertz CT molecular complexity index is 1650. The Morgan fingerprint density at radius 1 is 0.974 bits per heavy atom. The third kappa shape index (κ3) is 6.16. The van der Waals surface area contributed by atoms with Crippen LogP contribution in [0.5, 0.6) is 0 Å². The number of anilines is 1. The maximum Gasteiger partial charge on any atom is 0.251 e. The number of rotatable bonds is 8. The zero-order valence-corrected chi connectivity index (χ0v) is 21.2. The molecular weight excluding hydrogens is 495 g/mol. The second-order valence-corrected chi connectivity index (χ2v) is 9.27. The molecule has 5 aromatic rings. The number of nitrogens with two attached hydrogens (primary N) is 1. The highest BCUT2D eigenvalue weighted by atomic mass is 19.1. The van der Waals surface area contributed by atoms with Gasteiger partial charge in [0.1, 0.15) is 11.5 Å². The number of carbonyl (C=O) groups is 2. The van der Waals surface area contributed by atoms with Gasteiger partial charge >= 0.3 is 0 Å². The molecule has 1 atom stereocenters. The van der Waals surface area contributed by atoms with E-state index in [1.165, 1.54) is 12.1 Å². The van der Waals surface area contributed by atoms with E-state index in [4.69, 9.17) is 5.73 Å². The number of nitrogens with zero attached hydrogens (tertiary/aromatic N) is 2. The van der Waals surface area contributed by atoms with Crippen molar-refractivity contribution in [3.05, 3.63) is 102 Å². The molecule has 2 amide bonds. The summed E-state index contributed by atoms with van der Waals surface area (Å²) < 4.78 is 13.2. The third-order valence-corrected chi connectivity index (χ3v) is 6.25. The highest BCUT2D eigenvalue weighted by molar-refractivity contribution is 6.00. The number of nitrogens with one attached hydrogen (secondary N) is 3. The lowest BCUT2D eigenvalue weighted by molar-refractivity contribution is -0.117. The van der Waals surface area contributed by atoms with Crippen molar-refractivity contribution in [1.29, 1.82) is 0 Å². The Balaban J connectivity index is 1.40. The van der Waals surface area contributed by atoms with E-state index < -0.39 is 6.04 Å². The van der Waals surface area contributed by atoms with Gasteiger partial charge in [-0.2, -0.15) is 0 Å². The van der Waals surface area contributed by atoms with Crippen LogP contribution in [0.15, 0.2) is 85.2 Å². The number of amides is 2. The summed E-state index contributed by atoms with van der Waals surface area (Å²) in [6.45, 7) is 1.94. The molecule has 0 bridgehead atoms. The standard InChI is InChI=1S/C30H27FN6O2/c1-18(32)29(38)36-25-13-22(12-23(14-25)30(39)33-11-10-19-6-8-24(31)9-7-19)27-17-35-28(37-27)26-15-20-4-2-3-5-21(20)16-34-26/h2-9,12-18H,10-11,32H2,1H3,(H,33,39)(H,35,37)(H,36,38)/t18-/m0/s1. The fourth-order valence-electron chi connectivity index (χ4n) is 4.13. The molecule has 0 spiro atoms. The molecule has 5 rings (SSSR count). The summed E-state index contributed by atoms with van der Waals surface area (Å²) in [6.07, 6.45) is 4.00. The molecule has 0 radical (unpaired) electrons. The Morgan fingerprint density at radius 3 is 2.51 bits per heavy atom. The van der Waals surface area contributed by atoms with E-state index in [1.54, 1.807) is 49.6 Å². The first-order valence-electron chi connectivity index (χ1n) is 12.5. The van der Waals surface area contributed by atoms with E-state index in [0.717, 1.165) is 16.3 Å². The molecule has 9 heteroatoms. The molecule has 39 heavy (non-hydrogen) atoms. The van der Waals surface area contributed by atoms with Crippen molar-refractivity contribution in [2.45, 2.75) is 19.4 Å². The highest BCUT2D eigenvalue weighted by Crippen LogP contribution is 2.27. The Hall–Kier alpha value is -4.89. The number of pyridine rings is 1. The smallest absolute Gasteiger partial charge is 0.251 e. The van der Waals surface area contributed by atoms with Gasteiger partial charge in [0.05, 0.1) is 17.9 Å². The average Bonchev–Trinajstić information content (AvgIpc) is 3.44. The van der Waals surface area contributed by atoms with Gasteiger partial charge in [0.2, 0.25) is 5.91 Å². The fraction of sp³-hybridized carbons (Fsp3) is 0.133. The number of H-pyrrole nitrogens is 1. The van der Waals surface area contributed by atoms with Gasteiger partial charge in [0, 0.05) is 34.9 Å². The molecule has 0 saturated carbocycles. The minimum Gasteiger partial charge on any atom is -0.352 e. The zero-order valence-electron chi connectivity index (χ0n) is 21.2. The summed E-state index contributed by atoms with van der Waals surface area (Å²) in [6, 6.07) is 20.4. The number of hydrogen-bond acceptors (Lipinski definition) is 5. The predicted molar refractivity (Wildman–Crippen MR) is 149 cm³/mol. The molecule has 3 aromatic carbocycles. The number of hydrogen-bond donors (Lipinski definition) is 4. The second-order valence-electron chi connectivity index (χ2n) is 9.27. The molecule has 0 aliphatic heterocycles. The van der Waals surface area contributed by atoms with Gasteiger partial charge in [-0.05, 0) is 60.7 Å². The number of halogens is 1. The monoisotopic (exact) mass is 522 g/mol. The molecule has 2 heterocycles. The van der Waals surface area contributed by atoms with Crippen molar-refractivity contribution < 1.29 is 14.0 Å². The van der Waals surface area contributed by atoms with E-state index in [9.17, 15) is 14.0 Å². The topological polar surface area (TPSA) is 126 Å². The summed E-state index contributed by atoms with van der Waals surface area (Å²) in [5.74, 6) is -0.419. The van der Waals surface area contributed by atoms with E-state index in [2.05, 4.69) is 25.6 Å². The van der Waals surface area contributed by atoms with Crippen molar-refractivity contribution in [3.8, 4) is 22.8 Å². The van der Waals surface area contributed by atoms with Crippen molar-refractivity contribution in [2.75, 3.05) is 11.9 Å². The molecule has 2 aromatic heterocycles.